The number of rotatable bonds is 4. The van der Waals surface area contributed by atoms with E-state index in [-0.39, 0.29) is 27.2 Å². The molecule has 17 heavy (non-hydrogen) atoms. The van der Waals surface area contributed by atoms with Crippen LogP contribution >= 0.6 is 23.2 Å². The standard InChI is InChI=1S/C10H12Cl2N2O2S/c1-3-4-14(2)17(15,16)10-8(12)5-7(11)6-9(10)13/h3,5-6H,1,4,13H2,2H3. The van der Waals surface area contributed by atoms with Crippen molar-refractivity contribution < 1.29 is 8.42 Å². The minimum Gasteiger partial charge on any atom is -0.398 e. The molecule has 1 aromatic rings. The zero-order valence-electron chi connectivity index (χ0n) is 9.15. The van der Waals surface area contributed by atoms with Gasteiger partial charge < -0.3 is 5.73 Å². The van der Waals surface area contributed by atoms with Crippen LogP contribution in [0.1, 0.15) is 0 Å². The van der Waals surface area contributed by atoms with Gasteiger partial charge in [-0.3, -0.25) is 0 Å². The molecule has 7 heteroatoms. The van der Waals surface area contributed by atoms with Crippen LogP contribution < -0.4 is 5.73 Å². The lowest BCUT2D eigenvalue weighted by molar-refractivity contribution is 0.500. The molecular formula is C10H12Cl2N2O2S. The number of sulfonamides is 1. The van der Waals surface area contributed by atoms with Gasteiger partial charge in [0, 0.05) is 18.6 Å². The summed E-state index contributed by atoms with van der Waals surface area (Å²) in [7, 11) is -2.31. The Hall–Kier alpha value is -0.750. The highest BCUT2D eigenvalue weighted by Gasteiger charge is 2.25. The highest BCUT2D eigenvalue weighted by atomic mass is 35.5. The smallest absolute Gasteiger partial charge is 0.246 e. The summed E-state index contributed by atoms with van der Waals surface area (Å²) >= 11 is 11.6. The van der Waals surface area contributed by atoms with Crippen molar-refractivity contribution in [2.45, 2.75) is 4.90 Å². The quantitative estimate of drug-likeness (QED) is 0.685. The number of anilines is 1. The lowest BCUT2D eigenvalue weighted by atomic mass is 10.3. The molecule has 0 unspecified atom stereocenters. The van der Waals surface area contributed by atoms with Crippen LogP contribution in [0.2, 0.25) is 10.0 Å². The van der Waals surface area contributed by atoms with E-state index < -0.39 is 10.0 Å². The topological polar surface area (TPSA) is 63.4 Å². The molecule has 0 radical (unpaired) electrons. The van der Waals surface area contributed by atoms with Crippen molar-refractivity contribution in [2.24, 2.45) is 0 Å². The van der Waals surface area contributed by atoms with Crippen molar-refractivity contribution >= 4 is 38.9 Å². The minimum atomic E-state index is -3.73. The molecule has 0 atom stereocenters. The first-order valence-corrected chi connectivity index (χ1v) is 6.82. The fourth-order valence-corrected chi connectivity index (χ4v) is 3.37. The predicted octanol–water partition coefficient (Wildman–Crippen LogP) is 2.38. The monoisotopic (exact) mass is 294 g/mol. The van der Waals surface area contributed by atoms with Crippen molar-refractivity contribution in [3.05, 3.63) is 34.8 Å². The molecule has 0 aliphatic rings. The zero-order chi connectivity index (χ0) is 13.2. The van der Waals surface area contributed by atoms with Crippen molar-refractivity contribution in [2.75, 3.05) is 19.3 Å². The van der Waals surface area contributed by atoms with Gasteiger partial charge >= 0.3 is 0 Å². The normalized spacial score (nSPS) is 11.8. The van der Waals surface area contributed by atoms with E-state index >= 15 is 0 Å². The van der Waals surface area contributed by atoms with Gasteiger partial charge in [-0.1, -0.05) is 29.3 Å². The Balaban J connectivity index is 3.39. The first kappa shape index (κ1) is 14.3. The molecule has 4 nitrogen and oxygen atoms in total. The summed E-state index contributed by atoms with van der Waals surface area (Å²) in [6.07, 6.45) is 1.47. The number of halogens is 2. The van der Waals surface area contributed by atoms with E-state index in [4.69, 9.17) is 28.9 Å². The third-order valence-corrected chi connectivity index (χ3v) is 4.66. The second-order valence-corrected chi connectivity index (χ2v) is 6.21. The first-order valence-electron chi connectivity index (χ1n) is 4.62. The molecule has 0 bridgehead atoms. The lowest BCUT2D eigenvalue weighted by Crippen LogP contribution is -2.28. The Morgan fingerprint density at radius 1 is 1.47 bits per heavy atom. The summed E-state index contributed by atoms with van der Waals surface area (Å²) in [6.45, 7) is 3.64. The van der Waals surface area contributed by atoms with Gasteiger partial charge in [-0.25, -0.2) is 8.42 Å². The molecule has 0 aliphatic carbocycles. The molecule has 0 fully saturated rings. The fraction of sp³-hybridized carbons (Fsp3) is 0.200. The summed E-state index contributed by atoms with van der Waals surface area (Å²) in [5.41, 5.74) is 5.67. The van der Waals surface area contributed by atoms with E-state index in [9.17, 15) is 8.42 Å². The fourth-order valence-electron chi connectivity index (χ4n) is 1.29. The molecule has 0 aromatic heterocycles. The van der Waals surface area contributed by atoms with Crippen LogP contribution in [0.15, 0.2) is 29.7 Å². The van der Waals surface area contributed by atoms with Gasteiger partial charge in [0.25, 0.3) is 0 Å². The van der Waals surface area contributed by atoms with Gasteiger partial charge in [-0.2, -0.15) is 4.31 Å². The molecule has 0 amide bonds. The molecule has 94 valence electrons. The Bertz CT molecular complexity index is 520. The average molecular weight is 295 g/mol. The van der Waals surface area contributed by atoms with Crippen LogP contribution in [0.5, 0.6) is 0 Å². The summed E-state index contributed by atoms with van der Waals surface area (Å²) < 4.78 is 25.4. The summed E-state index contributed by atoms with van der Waals surface area (Å²) in [4.78, 5) is -0.132. The summed E-state index contributed by atoms with van der Waals surface area (Å²) in [5.74, 6) is 0. The number of likely N-dealkylation sites (N-methyl/N-ethyl adjacent to an activating group) is 1. The molecule has 0 saturated heterocycles. The van der Waals surface area contributed by atoms with Gasteiger partial charge in [0.15, 0.2) is 0 Å². The van der Waals surface area contributed by atoms with E-state index in [0.29, 0.717) is 0 Å². The minimum absolute atomic E-state index is 0.00547. The Kier molecular flexibility index (Phi) is 4.43. The van der Waals surface area contributed by atoms with E-state index in [1.807, 2.05) is 0 Å². The van der Waals surface area contributed by atoms with Crippen molar-refractivity contribution in [3.8, 4) is 0 Å². The predicted molar refractivity (Wildman–Crippen MR) is 70.9 cm³/mol. The number of nitrogen functional groups attached to an aromatic ring is 1. The molecule has 0 saturated carbocycles. The third kappa shape index (κ3) is 2.93. The third-order valence-electron chi connectivity index (χ3n) is 2.09. The SMILES string of the molecule is C=CCN(C)S(=O)(=O)c1c(N)cc(Cl)cc1Cl. The maximum absolute atomic E-state index is 12.1. The number of benzene rings is 1. The van der Waals surface area contributed by atoms with Crippen molar-refractivity contribution in [1.29, 1.82) is 0 Å². The maximum Gasteiger partial charge on any atom is 0.246 e. The van der Waals surface area contributed by atoms with Crippen LogP contribution in [-0.2, 0) is 10.0 Å². The number of nitrogens with two attached hydrogens (primary N) is 1. The number of hydrogen-bond acceptors (Lipinski definition) is 3. The van der Waals surface area contributed by atoms with E-state index in [2.05, 4.69) is 6.58 Å². The van der Waals surface area contributed by atoms with Gasteiger partial charge in [0.05, 0.1) is 10.7 Å². The van der Waals surface area contributed by atoms with E-state index in [0.717, 1.165) is 4.31 Å². The summed E-state index contributed by atoms with van der Waals surface area (Å²) in [5, 5.41) is 0.295. The van der Waals surface area contributed by atoms with Crippen molar-refractivity contribution in [3.63, 3.8) is 0 Å². The molecule has 0 heterocycles. The van der Waals surface area contributed by atoms with Crippen molar-refractivity contribution in [1.82, 2.24) is 4.31 Å². The first-order chi connectivity index (χ1) is 7.80. The highest BCUT2D eigenvalue weighted by Crippen LogP contribution is 2.32. The molecule has 1 aromatic carbocycles. The van der Waals surface area contributed by atoms with Crippen LogP contribution in [0.4, 0.5) is 5.69 Å². The average Bonchev–Trinajstić information content (AvgIpc) is 2.15. The maximum atomic E-state index is 12.1. The zero-order valence-corrected chi connectivity index (χ0v) is 11.5. The second kappa shape index (κ2) is 5.27. The van der Waals surface area contributed by atoms with Gasteiger partial charge in [0.1, 0.15) is 4.90 Å². The Morgan fingerprint density at radius 3 is 2.53 bits per heavy atom. The molecular weight excluding hydrogens is 283 g/mol. The molecule has 1 rings (SSSR count). The molecule has 0 spiro atoms. The highest BCUT2D eigenvalue weighted by molar-refractivity contribution is 7.89. The molecule has 0 aliphatic heterocycles. The van der Waals surface area contributed by atoms with Crippen LogP contribution in [-0.4, -0.2) is 26.3 Å². The number of hydrogen-bond donors (Lipinski definition) is 1. The van der Waals surface area contributed by atoms with Crippen LogP contribution in [0, 0.1) is 0 Å². The lowest BCUT2D eigenvalue weighted by Gasteiger charge is -2.17. The van der Waals surface area contributed by atoms with E-state index in [1.165, 1.54) is 25.3 Å². The van der Waals surface area contributed by atoms with Crippen LogP contribution in [0.25, 0.3) is 0 Å². The largest absolute Gasteiger partial charge is 0.398 e. The van der Waals surface area contributed by atoms with Crippen LogP contribution in [0.3, 0.4) is 0 Å². The molecule has 2 N–H and O–H groups in total. The Morgan fingerprint density at radius 2 is 2.06 bits per heavy atom. The summed E-state index contributed by atoms with van der Waals surface area (Å²) in [6, 6.07) is 2.69. The second-order valence-electron chi connectivity index (χ2n) is 3.38. The van der Waals surface area contributed by atoms with Gasteiger partial charge in [0.2, 0.25) is 10.0 Å². The Labute approximate surface area is 111 Å². The number of nitrogens with zero attached hydrogens (tertiary/aromatic N) is 1. The van der Waals surface area contributed by atoms with Gasteiger partial charge in [-0.05, 0) is 12.1 Å². The van der Waals surface area contributed by atoms with E-state index in [1.54, 1.807) is 0 Å². The van der Waals surface area contributed by atoms with Gasteiger partial charge in [-0.15, -0.1) is 6.58 Å².